The van der Waals surface area contributed by atoms with Crippen molar-refractivity contribution in [2.75, 3.05) is 0 Å². The van der Waals surface area contributed by atoms with Crippen LogP contribution in [0.2, 0.25) is 0 Å². The lowest BCUT2D eigenvalue weighted by Gasteiger charge is -2.31. The molecule has 0 spiro atoms. The van der Waals surface area contributed by atoms with Crippen molar-refractivity contribution >= 4 is 11.5 Å². The van der Waals surface area contributed by atoms with Crippen LogP contribution in [0.5, 0.6) is 5.75 Å². The summed E-state index contributed by atoms with van der Waals surface area (Å²) in [6, 6.07) is 14.9. The van der Waals surface area contributed by atoms with E-state index in [1.54, 1.807) is 18.2 Å². The molecule has 0 saturated heterocycles. The van der Waals surface area contributed by atoms with Crippen molar-refractivity contribution < 1.29 is 14.6 Å². The predicted octanol–water partition coefficient (Wildman–Crippen LogP) is 6.04. The normalized spacial score (nSPS) is 13.6. The van der Waals surface area contributed by atoms with E-state index < -0.39 is 11.6 Å². The number of fused-ring (bicyclic) bond motifs is 1. The summed E-state index contributed by atoms with van der Waals surface area (Å²) < 4.78 is 5.94. The van der Waals surface area contributed by atoms with E-state index in [0.717, 1.165) is 16.7 Å². The van der Waals surface area contributed by atoms with Crippen molar-refractivity contribution in [1.82, 2.24) is 0 Å². The van der Waals surface area contributed by atoms with Gasteiger partial charge in [-0.1, -0.05) is 58.0 Å². The van der Waals surface area contributed by atoms with Crippen molar-refractivity contribution in [3.05, 3.63) is 71.3 Å². The minimum absolute atomic E-state index is 0.263. The third-order valence-corrected chi connectivity index (χ3v) is 3.47. The van der Waals surface area contributed by atoms with E-state index in [9.17, 15) is 9.90 Å². The van der Waals surface area contributed by atoms with Gasteiger partial charge in [0.05, 0.1) is 5.56 Å². The summed E-state index contributed by atoms with van der Waals surface area (Å²) in [6.07, 6.45) is 2.04. The molecule has 134 valence electrons. The lowest BCUT2D eigenvalue weighted by molar-refractivity contribution is 0.0696. The summed E-state index contributed by atoms with van der Waals surface area (Å²) in [6.45, 7) is 12.0. The average Bonchev–Trinajstić information content (AvgIpc) is 2.64. The van der Waals surface area contributed by atoms with Gasteiger partial charge in [-0.3, -0.25) is 0 Å². The molecule has 0 fully saturated rings. The summed E-state index contributed by atoms with van der Waals surface area (Å²) >= 11 is 0. The molecule has 0 aliphatic carbocycles. The van der Waals surface area contributed by atoms with Crippen molar-refractivity contribution in [1.29, 1.82) is 0 Å². The Hall–Kier alpha value is -2.55. The average molecular weight is 340 g/mol. The van der Waals surface area contributed by atoms with Crippen molar-refractivity contribution in [3.63, 3.8) is 0 Å². The fourth-order valence-electron chi connectivity index (χ4n) is 2.56. The first-order valence-corrected chi connectivity index (χ1v) is 8.81. The second-order valence-corrected chi connectivity index (χ2v) is 5.65. The molecule has 2 aromatic rings. The number of benzene rings is 2. The van der Waals surface area contributed by atoms with Gasteiger partial charge in [-0.2, -0.15) is 0 Å². The SMILES string of the molecule is CC.CC.CC1(C)C=C(c2ccccc2)c2cc(C(=O)O)ccc2O1. The topological polar surface area (TPSA) is 46.5 Å². The third kappa shape index (κ3) is 4.96. The molecule has 0 amide bonds. The number of ether oxygens (including phenoxy) is 1. The summed E-state index contributed by atoms with van der Waals surface area (Å²) in [5.74, 6) is -0.221. The molecule has 0 saturated carbocycles. The molecule has 25 heavy (non-hydrogen) atoms. The van der Waals surface area contributed by atoms with Crippen molar-refractivity contribution in [2.24, 2.45) is 0 Å². The molecule has 0 atom stereocenters. The minimum Gasteiger partial charge on any atom is -0.483 e. The number of aromatic carboxylic acids is 1. The molecule has 1 N–H and O–H groups in total. The van der Waals surface area contributed by atoms with Crippen LogP contribution in [0.1, 0.15) is 63.0 Å². The zero-order chi connectivity index (χ0) is 19.0. The Balaban J connectivity index is 0.000000730. The highest BCUT2D eigenvalue weighted by molar-refractivity contribution is 5.92. The Kier molecular flexibility index (Phi) is 7.43. The Labute approximate surface area is 151 Å². The standard InChI is InChI=1S/C18H16O3.2C2H6/c1-18(2)11-15(12-6-4-3-5-7-12)14-10-13(17(19)20)8-9-16(14)21-18;2*1-2/h3-11H,1-2H3,(H,19,20);2*1-2H3. The van der Waals surface area contributed by atoms with Crippen LogP contribution in [-0.2, 0) is 0 Å². The molecule has 0 aromatic heterocycles. The van der Waals surface area contributed by atoms with Gasteiger partial charge in [-0.15, -0.1) is 0 Å². The van der Waals surface area contributed by atoms with Gasteiger partial charge >= 0.3 is 5.97 Å². The lowest BCUT2D eigenvalue weighted by atomic mass is 9.89. The molecule has 1 heterocycles. The Morgan fingerprint density at radius 1 is 0.960 bits per heavy atom. The van der Waals surface area contributed by atoms with Crippen LogP contribution in [0.25, 0.3) is 5.57 Å². The van der Waals surface area contributed by atoms with E-state index in [0.29, 0.717) is 5.75 Å². The minimum atomic E-state index is -0.935. The molecule has 1 aliphatic rings. The Morgan fingerprint density at radius 2 is 1.56 bits per heavy atom. The van der Waals surface area contributed by atoms with Gasteiger partial charge in [0.1, 0.15) is 11.4 Å². The third-order valence-electron chi connectivity index (χ3n) is 3.47. The fraction of sp³-hybridized carbons (Fsp3) is 0.318. The first kappa shape index (κ1) is 20.5. The molecular weight excluding hydrogens is 312 g/mol. The Bertz CT molecular complexity index is 728. The van der Waals surface area contributed by atoms with Gasteiger partial charge in [-0.25, -0.2) is 4.79 Å². The highest BCUT2D eigenvalue weighted by Gasteiger charge is 2.27. The highest BCUT2D eigenvalue weighted by Crippen LogP contribution is 2.39. The zero-order valence-electron chi connectivity index (χ0n) is 16.0. The summed E-state index contributed by atoms with van der Waals surface area (Å²) in [5.41, 5.74) is 2.71. The van der Waals surface area contributed by atoms with Crippen molar-refractivity contribution in [2.45, 2.75) is 47.1 Å². The molecule has 2 aromatic carbocycles. The summed E-state index contributed by atoms with van der Waals surface area (Å²) in [5, 5.41) is 9.19. The van der Waals surface area contributed by atoms with Crippen LogP contribution in [-0.4, -0.2) is 16.7 Å². The molecule has 3 rings (SSSR count). The maximum absolute atomic E-state index is 11.2. The van der Waals surface area contributed by atoms with Crippen LogP contribution >= 0.6 is 0 Å². The van der Waals surface area contributed by atoms with Crippen LogP contribution in [0.15, 0.2) is 54.6 Å². The monoisotopic (exact) mass is 340 g/mol. The van der Waals surface area contributed by atoms with E-state index in [1.165, 1.54) is 0 Å². The van der Waals surface area contributed by atoms with Crippen molar-refractivity contribution in [3.8, 4) is 5.75 Å². The van der Waals surface area contributed by atoms with Gasteiger partial charge in [0, 0.05) is 5.56 Å². The number of rotatable bonds is 2. The number of carboxylic acids is 1. The number of hydrogen-bond acceptors (Lipinski definition) is 2. The van der Waals surface area contributed by atoms with E-state index in [2.05, 4.69) is 0 Å². The van der Waals surface area contributed by atoms with Gasteiger partial charge in [0.2, 0.25) is 0 Å². The molecule has 0 radical (unpaired) electrons. The fourth-order valence-corrected chi connectivity index (χ4v) is 2.56. The van der Waals surface area contributed by atoms with Crippen LogP contribution in [0.4, 0.5) is 0 Å². The van der Waals surface area contributed by atoms with Crippen LogP contribution in [0.3, 0.4) is 0 Å². The first-order valence-electron chi connectivity index (χ1n) is 8.81. The molecule has 0 unspecified atom stereocenters. The van der Waals surface area contributed by atoms with Crippen LogP contribution in [0, 0.1) is 0 Å². The quantitative estimate of drug-likeness (QED) is 0.725. The number of carboxylic acid groups (broad SMARTS) is 1. The van der Waals surface area contributed by atoms with Gasteiger partial charge in [-0.05, 0) is 49.3 Å². The highest BCUT2D eigenvalue weighted by atomic mass is 16.5. The largest absolute Gasteiger partial charge is 0.483 e. The second-order valence-electron chi connectivity index (χ2n) is 5.65. The van der Waals surface area contributed by atoms with E-state index in [4.69, 9.17) is 4.74 Å². The first-order chi connectivity index (χ1) is 12.0. The molecule has 3 heteroatoms. The summed E-state index contributed by atoms with van der Waals surface area (Å²) in [7, 11) is 0. The van der Waals surface area contributed by atoms with E-state index >= 15 is 0 Å². The second kappa shape index (κ2) is 9.07. The smallest absolute Gasteiger partial charge is 0.335 e. The Morgan fingerprint density at radius 3 is 2.12 bits per heavy atom. The molecule has 0 bridgehead atoms. The van der Waals surface area contributed by atoms with E-state index in [-0.39, 0.29) is 5.56 Å². The number of hydrogen-bond donors (Lipinski definition) is 1. The zero-order valence-corrected chi connectivity index (χ0v) is 16.0. The van der Waals surface area contributed by atoms with E-state index in [1.807, 2.05) is 78.0 Å². The summed E-state index contributed by atoms with van der Waals surface area (Å²) in [4.78, 5) is 11.2. The van der Waals surface area contributed by atoms with Gasteiger partial charge < -0.3 is 9.84 Å². The number of carbonyl (C=O) groups is 1. The van der Waals surface area contributed by atoms with Gasteiger partial charge in [0.25, 0.3) is 0 Å². The maximum Gasteiger partial charge on any atom is 0.335 e. The lowest BCUT2D eigenvalue weighted by Crippen LogP contribution is -2.29. The molecular formula is C22H28O3. The molecule has 3 nitrogen and oxygen atoms in total. The molecule has 1 aliphatic heterocycles. The predicted molar refractivity (Wildman–Crippen MR) is 104 cm³/mol. The maximum atomic E-state index is 11.2. The van der Waals surface area contributed by atoms with Gasteiger partial charge in [0.15, 0.2) is 0 Å². The van der Waals surface area contributed by atoms with Crippen LogP contribution < -0.4 is 4.74 Å².